The summed E-state index contributed by atoms with van der Waals surface area (Å²) in [5, 5.41) is 10.1. The molecule has 3 aromatic carbocycles. The highest BCUT2D eigenvalue weighted by atomic mass is 16.5. The van der Waals surface area contributed by atoms with Gasteiger partial charge in [0.15, 0.2) is 0 Å². The number of nitrogens with zero attached hydrogens (tertiary/aromatic N) is 2. The van der Waals surface area contributed by atoms with Crippen LogP contribution in [-0.2, 0) is 18.7 Å². The fourth-order valence-corrected chi connectivity index (χ4v) is 4.16. The zero-order valence-electron chi connectivity index (χ0n) is 19.2. The van der Waals surface area contributed by atoms with Crippen molar-refractivity contribution in [3.63, 3.8) is 0 Å². The van der Waals surface area contributed by atoms with Gasteiger partial charge in [-0.15, -0.1) is 0 Å². The van der Waals surface area contributed by atoms with E-state index in [0.717, 1.165) is 56.3 Å². The SMILES string of the molecule is CC(C)(O)c1ccc(CN2CCCN(Cc3ccc(Oc4ccccc4)cc3)CC2)cc1. The Bertz CT molecular complexity index is 963. The molecule has 0 atom stereocenters. The zero-order chi connectivity index (χ0) is 22.4. The highest BCUT2D eigenvalue weighted by Gasteiger charge is 2.17. The molecule has 0 aromatic heterocycles. The van der Waals surface area contributed by atoms with Gasteiger partial charge in [-0.1, -0.05) is 54.6 Å². The van der Waals surface area contributed by atoms with Crippen LogP contribution in [0.3, 0.4) is 0 Å². The smallest absolute Gasteiger partial charge is 0.127 e. The van der Waals surface area contributed by atoms with Gasteiger partial charge in [-0.2, -0.15) is 0 Å². The van der Waals surface area contributed by atoms with E-state index < -0.39 is 5.60 Å². The third-order valence-corrected chi connectivity index (χ3v) is 6.06. The number of ether oxygens (including phenoxy) is 1. The van der Waals surface area contributed by atoms with Crippen molar-refractivity contribution in [1.82, 2.24) is 9.80 Å². The minimum absolute atomic E-state index is 0.784. The van der Waals surface area contributed by atoms with E-state index in [1.54, 1.807) is 0 Å². The number of para-hydroxylation sites is 1. The molecule has 3 aromatic rings. The molecule has 32 heavy (non-hydrogen) atoms. The van der Waals surface area contributed by atoms with Crippen molar-refractivity contribution in [1.29, 1.82) is 0 Å². The van der Waals surface area contributed by atoms with Gasteiger partial charge >= 0.3 is 0 Å². The first-order valence-corrected chi connectivity index (χ1v) is 11.5. The predicted octanol–water partition coefficient (Wildman–Crippen LogP) is 5.41. The van der Waals surface area contributed by atoms with Crippen LogP contribution >= 0.6 is 0 Å². The summed E-state index contributed by atoms with van der Waals surface area (Å²) in [6.45, 7) is 9.98. The van der Waals surface area contributed by atoms with Gasteiger partial charge in [0.2, 0.25) is 0 Å². The van der Waals surface area contributed by atoms with E-state index in [4.69, 9.17) is 4.74 Å². The van der Waals surface area contributed by atoms with Crippen molar-refractivity contribution >= 4 is 0 Å². The van der Waals surface area contributed by atoms with E-state index in [1.165, 1.54) is 17.5 Å². The van der Waals surface area contributed by atoms with Gasteiger partial charge in [0, 0.05) is 26.2 Å². The molecule has 0 spiro atoms. The third-order valence-electron chi connectivity index (χ3n) is 6.06. The van der Waals surface area contributed by atoms with Crippen LogP contribution in [0.15, 0.2) is 78.9 Å². The molecular weight excluding hydrogens is 396 g/mol. The van der Waals surface area contributed by atoms with Gasteiger partial charge in [0.05, 0.1) is 5.60 Å². The predicted molar refractivity (Wildman–Crippen MR) is 130 cm³/mol. The summed E-state index contributed by atoms with van der Waals surface area (Å²) in [5.41, 5.74) is 2.80. The molecule has 1 N–H and O–H groups in total. The Morgan fingerprint density at radius 1 is 0.688 bits per heavy atom. The van der Waals surface area contributed by atoms with Crippen LogP contribution in [0, 0.1) is 0 Å². The maximum atomic E-state index is 10.1. The zero-order valence-corrected chi connectivity index (χ0v) is 19.2. The third kappa shape index (κ3) is 6.42. The molecule has 168 valence electrons. The Morgan fingerprint density at radius 2 is 1.19 bits per heavy atom. The normalized spacial score (nSPS) is 16.0. The lowest BCUT2D eigenvalue weighted by molar-refractivity contribution is 0.0785. The molecule has 0 amide bonds. The molecular formula is C28H34N2O2. The quantitative estimate of drug-likeness (QED) is 0.543. The molecule has 1 heterocycles. The standard InChI is InChI=1S/C28H34N2O2/c1-28(2,31)25-13-9-23(10-14-25)21-29-17-6-18-30(20-19-29)22-24-11-15-27(16-12-24)32-26-7-4-3-5-8-26/h3-5,7-16,31H,6,17-22H2,1-2H3. The molecule has 1 aliphatic rings. The van der Waals surface area contributed by atoms with E-state index in [9.17, 15) is 5.11 Å². The van der Waals surface area contributed by atoms with Crippen molar-refractivity contribution < 1.29 is 9.84 Å². The van der Waals surface area contributed by atoms with Crippen molar-refractivity contribution in [2.75, 3.05) is 26.2 Å². The summed E-state index contributed by atoms with van der Waals surface area (Å²) in [6, 6.07) is 26.8. The monoisotopic (exact) mass is 430 g/mol. The average molecular weight is 431 g/mol. The second-order valence-corrected chi connectivity index (χ2v) is 9.22. The molecule has 1 fully saturated rings. The van der Waals surface area contributed by atoms with E-state index in [-0.39, 0.29) is 0 Å². The van der Waals surface area contributed by atoms with Crippen LogP contribution in [0.4, 0.5) is 0 Å². The molecule has 4 heteroatoms. The molecule has 0 radical (unpaired) electrons. The van der Waals surface area contributed by atoms with Gasteiger partial charge in [-0.3, -0.25) is 9.80 Å². The second-order valence-electron chi connectivity index (χ2n) is 9.22. The Balaban J connectivity index is 1.27. The van der Waals surface area contributed by atoms with Crippen molar-refractivity contribution in [3.05, 3.63) is 95.6 Å². The van der Waals surface area contributed by atoms with Crippen LogP contribution in [0.2, 0.25) is 0 Å². The van der Waals surface area contributed by atoms with Gasteiger partial charge < -0.3 is 9.84 Å². The molecule has 1 aliphatic heterocycles. The van der Waals surface area contributed by atoms with Crippen LogP contribution in [0.1, 0.15) is 37.0 Å². The first-order valence-electron chi connectivity index (χ1n) is 11.5. The lowest BCUT2D eigenvalue weighted by Gasteiger charge is -2.23. The average Bonchev–Trinajstić information content (AvgIpc) is 3.01. The molecule has 4 rings (SSSR count). The molecule has 0 saturated carbocycles. The van der Waals surface area contributed by atoms with E-state index in [1.807, 2.05) is 56.3 Å². The van der Waals surface area contributed by atoms with Crippen molar-refractivity contribution in [3.8, 4) is 11.5 Å². The summed E-state index contributed by atoms with van der Waals surface area (Å²) in [4.78, 5) is 5.08. The second kappa shape index (κ2) is 10.3. The lowest BCUT2D eigenvalue weighted by Crippen LogP contribution is -2.30. The van der Waals surface area contributed by atoms with Crippen LogP contribution in [0.5, 0.6) is 11.5 Å². The van der Waals surface area contributed by atoms with E-state index in [0.29, 0.717) is 0 Å². The molecule has 0 bridgehead atoms. The first-order chi connectivity index (χ1) is 15.5. The summed E-state index contributed by atoms with van der Waals surface area (Å²) < 4.78 is 5.91. The summed E-state index contributed by atoms with van der Waals surface area (Å²) in [7, 11) is 0. The van der Waals surface area contributed by atoms with Crippen molar-refractivity contribution in [2.24, 2.45) is 0 Å². The van der Waals surface area contributed by atoms with Crippen LogP contribution < -0.4 is 4.74 Å². The largest absolute Gasteiger partial charge is 0.457 e. The Hall–Kier alpha value is -2.66. The Morgan fingerprint density at radius 3 is 1.72 bits per heavy atom. The van der Waals surface area contributed by atoms with Crippen LogP contribution in [0.25, 0.3) is 0 Å². The number of hydrogen-bond acceptors (Lipinski definition) is 4. The molecule has 1 saturated heterocycles. The molecule has 4 nitrogen and oxygen atoms in total. The van der Waals surface area contributed by atoms with Crippen molar-refractivity contribution in [2.45, 2.75) is 39.0 Å². The van der Waals surface area contributed by atoms with Gasteiger partial charge in [0.25, 0.3) is 0 Å². The van der Waals surface area contributed by atoms with Gasteiger partial charge in [-0.25, -0.2) is 0 Å². The summed E-state index contributed by atoms with van der Waals surface area (Å²) >= 11 is 0. The Labute approximate surface area is 192 Å². The Kier molecular flexibility index (Phi) is 7.26. The fraction of sp³-hybridized carbons (Fsp3) is 0.357. The number of rotatable bonds is 7. The number of aliphatic hydroxyl groups is 1. The minimum Gasteiger partial charge on any atom is -0.457 e. The first kappa shape index (κ1) is 22.5. The van der Waals surface area contributed by atoms with E-state index >= 15 is 0 Å². The van der Waals surface area contributed by atoms with E-state index in [2.05, 4.69) is 46.2 Å². The number of benzene rings is 3. The van der Waals surface area contributed by atoms with Gasteiger partial charge in [0.1, 0.15) is 11.5 Å². The minimum atomic E-state index is -0.784. The topological polar surface area (TPSA) is 35.9 Å². The van der Waals surface area contributed by atoms with Crippen LogP contribution in [-0.4, -0.2) is 41.1 Å². The molecule has 0 unspecified atom stereocenters. The maximum absolute atomic E-state index is 10.1. The highest BCUT2D eigenvalue weighted by molar-refractivity contribution is 5.33. The fourth-order valence-electron chi connectivity index (χ4n) is 4.16. The summed E-state index contributed by atoms with van der Waals surface area (Å²) in [5.74, 6) is 1.74. The van der Waals surface area contributed by atoms with Gasteiger partial charge in [-0.05, 0) is 74.3 Å². The highest BCUT2D eigenvalue weighted by Crippen LogP contribution is 2.23. The molecule has 0 aliphatic carbocycles. The maximum Gasteiger partial charge on any atom is 0.127 e. The summed E-state index contributed by atoms with van der Waals surface area (Å²) in [6.07, 6.45) is 1.18. The number of hydrogen-bond donors (Lipinski definition) is 1. The lowest BCUT2D eigenvalue weighted by atomic mass is 9.97.